The van der Waals surface area contributed by atoms with Crippen LogP contribution in [-0.2, 0) is 4.79 Å². The summed E-state index contributed by atoms with van der Waals surface area (Å²) < 4.78 is 5.30. The largest absolute Gasteiger partial charge is 0.495 e. The minimum Gasteiger partial charge on any atom is -0.495 e. The molecule has 1 aliphatic carbocycles. The maximum atomic E-state index is 12.4. The second-order valence-electron chi connectivity index (χ2n) is 8.05. The lowest BCUT2D eigenvalue weighted by molar-refractivity contribution is -0.137. The highest BCUT2D eigenvalue weighted by atomic mass is 16.5. The van der Waals surface area contributed by atoms with E-state index in [0.717, 1.165) is 43.4 Å². The van der Waals surface area contributed by atoms with Gasteiger partial charge in [0.25, 0.3) is 0 Å². The zero-order chi connectivity index (χ0) is 21.5. The number of carboxylic acid groups (broad SMARTS) is 1. The smallest absolute Gasteiger partial charge is 0.323 e. The molecule has 0 heterocycles. The lowest BCUT2D eigenvalue weighted by Crippen LogP contribution is -2.20. The number of carbonyl (C=O) groups is 2. The van der Waals surface area contributed by atoms with Crippen molar-refractivity contribution < 1.29 is 19.4 Å². The highest BCUT2D eigenvalue weighted by Gasteiger charge is 2.22. The van der Waals surface area contributed by atoms with Crippen LogP contribution in [0.25, 0.3) is 0 Å². The van der Waals surface area contributed by atoms with Crippen molar-refractivity contribution in [1.29, 1.82) is 0 Å². The van der Waals surface area contributed by atoms with Gasteiger partial charge in [-0.1, -0.05) is 18.2 Å². The van der Waals surface area contributed by atoms with Gasteiger partial charge < -0.3 is 20.5 Å². The van der Waals surface area contributed by atoms with Crippen LogP contribution < -0.4 is 15.4 Å². The van der Waals surface area contributed by atoms with Gasteiger partial charge in [-0.15, -0.1) is 0 Å². The first-order valence-electron chi connectivity index (χ1n) is 10.5. The van der Waals surface area contributed by atoms with Gasteiger partial charge in [-0.2, -0.15) is 0 Å². The van der Waals surface area contributed by atoms with E-state index in [1.807, 2.05) is 37.3 Å². The van der Waals surface area contributed by atoms with Gasteiger partial charge in [-0.05, 0) is 86.3 Å². The Morgan fingerprint density at radius 3 is 2.37 bits per heavy atom. The van der Waals surface area contributed by atoms with Crippen LogP contribution in [0.15, 0.2) is 42.5 Å². The standard InChI is InChI=1S/C24H30N2O4/c1-16-3-13-22(30-2)21(15-16)26-24(29)25-20-11-9-19(10-12-20)18-7-4-17(5-8-18)6-14-23(27)28/h3,9-13,15,17-18H,4-8,14H2,1-2H3,(H,27,28)(H2,25,26,29)/t17-,18-. The Balaban J connectivity index is 1.52. The summed E-state index contributed by atoms with van der Waals surface area (Å²) in [4.78, 5) is 23.1. The SMILES string of the molecule is COc1ccc(C)cc1NC(=O)Nc1ccc([C@H]2CC[C@H](CCC(=O)O)CC2)cc1. The third-order valence-corrected chi connectivity index (χ3v) is 5.86. The number of aliphatic carboxylic acids is 1. The number of rotatable bonds is 7. The second-order valence-corrected chi connectivity index (χ2v) is 8.05. The summed E-state index contributed by atoms with van der Waals surface area (Å²) in [6, 6.07) is 13.3. The molecule has 1 aliphatic rings. The molecule has 0 radical (unpaired) electrons. The van der Waals surface area contributed by atoms with Crippen LogP contribution in [0.2, 0.25) is 0 Å². The van der Waals surface area contributed by atoms with E-state index >= 15 is 0 Å². The molecule has 0 unspecified atom stereocenters. The lowest BCUT2D eigenvalue weighted by atomic mass is 9.77. The van der Waals surface area contributed by atoms with E-state index < -0.39 is 5.97 Å². The van der Waals surface area contributed by atoms with E-state index in [4.69, 9.17) is 9.84 Å². The van der Waals surface area contributed by atoms with Crippen molar-refractivity contribution in [2.24, 2.45) is 5.92 Å². The maximum Gasteiger partial charge on any atom is 0.323 e. The van der Waals surface area contributed by atoms with Gasteiger partial charge in [-0.25, -0.2) is 4.79 Å². The van der Waals surface area contributed by atoms with E-state index in [1.54, 1.807) is 7.11 Å². The Bertz CT molecular complexity index is 871. The Hall–Kier alpha value is -3.02. The fraction of sp³-hybridized carbons (Fsp3) is 0.417. The number of benzene rings is 2. The predicted molar refractivity (Wildman–Crippen MR) is 118 cm³/mol. The predicted octanol–water partition coefficient (Wildman–Crippen LogP) is 5.79. The molecule has 0 bridgehead atoms. The first-order chi connectivity index (χ1) is 14.4. The molecule has 30 heavy (non-hydrogen) atoms. The van der Waals surface area contributed by atoms with Gasteiger partial charge >= 0.3 is 12.0 Å². The fourth-order valence-electron chi connectivity index (χ4n) is 4.15. The molecule has 1 fully saturated rings. The molecule has 1 saturated carbocycles. The minimum absolute atomic E-state index is 0.270. The Labute approximate surface area is 177 Å². The summed E-state index contributed by atoms with van der Waals surface area (Å²) in [7, 11) is 1.58. The topological polar surface area (TPSA) is 87.7 Å². The minimum atomic E-state index is -0.704. The number of methoxy groups -OCH3 is 1. The van der Waals surface area contributed by atoms with Crippen LogP contribution in [0, 0.1) is 12.8 Å². The number of nitrogens with one attached hydrogen (secondary N) is 2. The number of carbonyl (C=O) groups excluding carboxylic acids is 1. The van der Waals surface area contributed by atoms with E-state index in [0.29, 0.717) is 23.3 Å². The number of hydrogen-bond donors (Lipinski definition) is 3. The molecule has 3 N–H and O–H groups in total. The maximum absolute atomic E-state index is 12.4. The third kappa shape index (κ3) is 5.99. The first kappa shape index (κ1) is 21.7. The highest BCUT2D eigenvalue weighted by Crippen LogP contribution is 2.37. The quantitative estimate of drug-likeness (QED) is 0.539. The fourth-order valence-corrected chi connectivity index (χ4v) is 4.15. The zero-order valence-electron chi connectivity index (χ0n) is 17.6. The summed E-state index contributed by atoms with van der Waals surface area (Å²) in [5.41, 5.74) is 3.68. The van der Waals surface area contributed by atoms with Crippen LogP contribution in [-0.4, -0.2) is 24.2 Å². The molecule has 0 atom stereocenters. The van der Waals surface area contributed by atoms with Crippen LogP contribution in [0.1, 0.15) is 55.6 Å². The molecule has 6 heteroatoms. The summed E-state index contributed by atoms with van der Waals surface area (Å²) >= 11 is 0. The van der Waals surface area contributed by atoms with Gasteiger partial charge in [-0.3, -0.25) is 4.79 Å². The van der Waals surface area contributed by atoms with Crippen molar-refractivity contribution in [3.63, 3.8) is 0 Å². The molecule has 2 aromatic rings. The number of ether oxygens (including phenoxy) is 1. The molecule has 2 amide bonds. The van der Waals surface area contributed by atoms with Crippen molar-refractivity contribution >= 4 is 23.4 Å². The zero-order valence-corrected chi connectivity index (χ0v) is 17.6. The summed E-state index contributed by atoms with van der Waals surface area (Å²) in [6.45, 7) is 1.96. The van der Waals surface area contributed by atoms with Crippen LogP contribution in [0.4, 0.5) is 16.2 Å². The first-order valence-corrected chi connectivity index (χ1v) is 10.5. The molecule has 0 aliphatic heterocycles. The summed E-state index contributed by atoms with van der Waals surface area (Å²) in [5.74, 6) is 0.946. The molecule has 2 aromatic carbocycles. The van der Waals surface area contributed by atoms with E-state index in [2.05, 4.69) is 22.8 Å². The van der Waals surface area contributed by atoms with Crippen molar-refractivity contribution in [2.45, 2.75) is 51.4 Å². The normalized spacial score (nSPS) is 18.5. The highest BCUT2D eigenvalue weighted by molar-refractivity contribution is 6.00. The Morgan fingerprint density at radius 1 is 1.03 bits per heavy atom. The van der Waals surface area contributed by atoms with Gasteiger partial charge in [0.2, 0.25) is 0 Å². The molecule has 0 aromatic heterocycles. The van der Waals surface area contributed by atoms with Gasteiger partial charge in [0, 0.05) is 12.1 Å². The Morgan fingerprint density at radius 2 is 1.73 bits per heavy atom. The second kappa shape index (κ2) is 10.1. The molecular weight excluding hydrogens is 380 g/mol. The summed E-state index contributed by atoms with van der Waals surface area (Å²) in [5, 5.41) is 14.5. The number of aryl methyl sites for hydroxylation is 1. The molecule has 160 valence electrons. The third-order valence-electron chi connectivity index (χ3n) is 5.86. The Kier molecular flexibility index (Phi) is 7.33. The lowest BCUT2D eigenvalue weighted by Gasteiger charge is -2.28. The average Bonchev–Trinajstić information content (AvgIpc) is 2.73. The average molecular weight is 411 g/mol. The number of urea groups is 1. The van der Waals surface area contributed by atoms with Gasteiger partial charge in [0.05, 0.1) is 12.8 Å². The van der Waals surface area contributed by atoms with Gasteiger partial charge in [0.1, 0.15) is 5.75 Å². The van der Waals surface area contributed by atoms with Crippen LogP contribution >= 0.6 is 0 Å². The van der Waals surface area contributed by atoms with Crippen molar-refractivity contribution in [1.82, 2.24) is 0 Å². The molecular formula is C24H30N2O4. The van der Waals surface area contributed by atoms with Crippen molar-refractivity contribution in [3.05, 3.63) is 53.6 Å². The van der Waals surface area contributed by atoms with Crippen LogP contribution in [0.5, 0.6) is 5.75 Å². The van der Waals surface area contributed by atoms with Crippen LogP contribution in [0.3, 0.4) is 0 Å². The number of amides is 2. The van der Waals surface area contributed by atoms with Crippen molar-refractivity contribution in [3.8, 4) is 5.75 Å². The summed E-state index contributed by atoms with van der Waals surface area (Å²) in [6.07, 6.45) is 5.39. The van der Waals surface area contributed by atoms with E-state index in [9.17, 15) is 9.59 Å². The van der Waals surface area contributed by atoms with E-state index in [-0.39, 0.29) is 12.5 Å². The molecule has 0 saturated heterocycles. The number of hydrogen-bond acceptors (Lipinski definition) is 3. The van der Waals surface area contributed by atoms with E-state index in [1.165, 1.54) is 5.56 Å². The van der Waals surface area contributed by atoms with Crippen molar-refractivity contribution in [2.75, 3.05) is 17.7 Å². The molecule has 3 rings (SSSR count). The number of carboxylic acids is 1. The monoisotopic (exact) mass is 410 g/mol. The molecule has 6 nitrogen and oxygen atoms in total. The van der Waals surface area contributed by atoms with Gasteiger partial charge in [0.15, 0.2) is 0 Å². The number of anilines is 2. The molecule has 0 spiro atoms.